The number of piperidine rings is 1. The molecule has 0 spiro atoms. The van der Waals surface area contributed by atoms with Gasteiger partial charge in [0.25, 0.3) is 0 Å². The Hall–Kier alpha value is -0.680. The molecule has 3 N–H and O–H groups in total. The van der Waals surface area contributed by atoms with Gasteiger partial charge in [-0.05, 0) is 38.8 Å². The molecule has 0 aliphatic carbocycles. The van der Waals surface area contributed by atoms with Gasteiger partial charge in [-0.2, -0.15) is 0 Å². The number of rotatable bonds is 4. The molecule has 1 aromatic carbocycles. The molecule has 112 valence electrons. The molecule has 0 radical (unpaired) electrons. The molecular formula is C15H23ClFN3. The van der Waals surface area contributed by atoms with Gasteiger partial charge in [0, 0.05) is 29.2 Å². The number of nitrogens with two attached hydrogens (primary N) is 1. The zero-order valence-corrected chi connectivity index (χ0v) is 12.8. The molecule has 0 bridgehead atoms. The van der Waals surface area contributed by atoms with Crippen molar-refractivity contribution in [2.75, 3.05) is 6.54 Å². The predicted octanol–water partition coefficient (Wildman–Crippen LogP) is 3.25. The molecule has 3 nitrogen and oxygen atoms in total. The number of hydrogen-bond acceptors (Lipinski definition) is 3. The summed E-state index contributed by atoms with van der Waals surface area (Å²) in [5.41, 5.74) is 9.68. The average molecular weight is 300 g/mol. The number of nitrogens with one attached hydrogen (secondary N) is 1. The van der Waals surface area contributed by atoms with E-state index in [9.17, 15) is 4.39 Å². The number of benzene rings is 1. The Morgan fingerprint density at radius 2 is 2.05 bits per heavy atom. The van der Waals surface area contributed by atoms with E-state index in [2.05, 4.69) is 24.3 Å². The summed E-state index contributed by atoms with van der Waals surface area (Å²) in [5.74, 6) is -0.308. The highest BCUT2D eigenvalue weighted by Crippen LogP contribution is 2.28. The lowest BCUT2D eigenvalue weighted by Crippen LogP contribution is -2.54. The Morgan fingerprint density at radius 1 is 1.40 bits per heavy atom. The van der Waals surface area contributed by atoms with E-state index in [0.717, 1.165) is 12.8 Å². The van der Waals surface area contributed by atoms with Crippen LogP contribution >= 0.6 is 11.6 Å². The smallest absolute Gasteiger partial charge is 0.129 e. The van der Waals surface area contributed by atoms with Crippen molar-refractivity contribution in [2.45, 2.75) is 51.2 Å². The summed E-state index contributed by atoms with van der Waals surface area (Å²) < 4.78 is 14.0. The maximum atomic E-state index is 14.0. The van der Waals surface area contributed by atoms with Crippen LogP contribution in [-0.2, 0) is 0 Å². The normalized spacial score (nSPS) is 25.6. The summed E-state index contributed by atoms with van der Waals surface area (Å²) in [4.78, 5) is 0. The van der Waals surface area contributed by atoms with Crippen LogP contribution in [0.1, 0.15) is 44.7 Å². The summed E-state index contributed by atoms with van der Waals surface area (Å²) >= 11 is 6.14. The minimum absolute atomic E-state index is 0.299. The van der Waals surface area contributed by atoms with Crippen LogP contribution in [0.5, 0.6) is 0 Å². The zero-order chi connectivity index (χ0) is 14.7. The maximum absolute atomic E-state index is 14.0. The van der Waals surface area contributed by atoms with Crippen LogP contribution in [0.4, 0.5) is 4.39 Å². The quantitative estimate of drug-likeness (QED) is 0.897. The molecule has 1 heterocycles. The zero-order valence-electron chi connectivity index (χ0n) is 12.1. The summed E-state index contributed by atoms with van der Waals surface area (Å²) in [5, 5.41) is 2.62. The summed E-state index contributed by atoms with van der Waals surface area (Å²) in [7, 11) is 0. The first-order chi connectivity index (χ1) is 9.54. The molecule has 3 atom stereocenters. The van der Waals surface area contributed by atoms with Crippen LogP contribution in [0, 0.1) is 5.82 Å². The van der Waals surface area contributed by atoms with E-state index in [0.29, 0.717) is 29.2 Å². The van der Waals surface area contributed by atoms with Crippen molar-refractivity contribution in [1.29, 1.82) is 0 Å². The Labute approximate surface area is 125 Å². The summed E-state index contributed by atoms with van der Waals surface area (Å²) in [6.07, 6.45) is 3.51. The Morgan fingerprint density at radius 3 is 2.60 bits per heavy atom. The molecule has 1 saturated heterocycles. The largest absolute Gasteiger partial charge is 0.329 e. The molecule has 0 amide bonds. The second kappa shape index (κ2) is 6.85. The van der Waals surface area contributed by atoms with Gasteiger partial charge < -0.3 is 5.73 Å². The van der Waals surface area contributed by atoms with Crippen LogP contribution in [0.25, 0.3) is 0 Å². The average Bonchev–Trinajstić information content (AvgIpc) is 2.40. The lowest BCUT2D eigenvalue weighted by atomic mass is 9.99. The van der Waals surface area contributed by atoms with Gasteiger partial charge in [-0.25, -0.2) is 14.8 Å². The third-order valence-corrected chi connectivity index (χ3v) is 4.41. The topological polar surface area (TPSA) is 41.3 Å². The van der Waals surface area contributed by atoms with E-state index in [-0.39, 0.29) is 11.9 Å². The molecule has 1 aliphatic rings. The molecule has 1 fully saturated rings. The van der Waals surface area contributed by atoms with Crippen molar-refractivity contribution < 1.29 is 4.39 Å². The fraction of sp³-hybridized carbons (Fsp3) is 0.600. The molecular weight excluding hydrogens is 277 g/mol. The van der Waals surface area contributed by atoms with Crippen LogP contribution in [-0.4, -0.2) is 23.6 Å². The molecule has 1 aliphatic heterocycles. The molecule has 1 aromatic rings. The number of halogens is 2. The Kier molecular flexibility index (Phi) is 5.38. The SMILES string of the molecule is CC1CCCC(C)N1NC(CN)c1c(F)cccc1Cl. The first-order valence-electron chi connectivity index (χ1n) is 7.23. The number of hydrazine groups is 1. The van der Waals surface area contributed by atoms with Crippen molar-refractivity contribution in [1.82, 2.24) is 10.4 Å². The second-order valence-electron chi connectivity index (χ2n) is 5.59. The van der Waals surface area contributed by atoms with Crippen LogP contribution < -0.4 is 11.2 Å². The number of hydrogen-bond donors (Lipinski definition) is 2. The Balaban J connectivity index is 2.20. The monoisotopic (exact) mass is 299 g/mol. The van der Waals surface area contributed by atoms with E-state index in [1.54, 1.807) is 12.1 Å². The molecule has 0 aromatic heterocycles. The minimum Gasteiger partial charge on any atom is -0.329 e. The van der Waals surface area contributed by atoms with Gasteiger partial charge in [-0.1, -0.05) is 24.1 Å². The molecule has 20 heavy (non-hydrogen) atoms. The highest BCUT2D eigenvalue weighted by atomic mass is 35.5. The maximum Gasteiger partial charge on any atom is 0.129 e. The summed E-state index contributed by atoms with van der Waals surface area (Å²) in [6, 6.07) is 5.27. The molecule has 3 unspecified atom stereocenters. The van der Waals surface area contributed by atoms with Gasteiger partial charge >= 0.3 is 0 Å². The standard InChI is InChI=1S/C15H23ClFN3/c1-10-5-3-6-11(2)20(10)19-14(9-18)15-12(16)7-4-8-13(15)17/h4,7-8,10-11,14,19H,3,5-6,9,18H2,1-2H3. The van der Waals surface area contributed by atoms with Crippen molar-refractivity contribution in [3.63, 3.8) is 0 Å². The van der Waals surface area contributed by atoms with Gasteiger partial charge in [0.05, 0.1) is 6.04 Å². The molecule has 0 saturated carbocycles. The predicted molar refractivity (Wildman–Crippen MR) is 81.0 cm³/mol. The van der Waals surface area contributed by atoms with Gasteiger partial charge in [0.15, 0.2) is 0 Å². The summed E-state index contributed by atoms with van der Waals surface area (Å²) in [6.45, 7) is 4.66. The first-order valence-corrected chi connectivity index (χ1v) is 7.60. The van der Waals surface area contributed by atoms with Gasteiger partial charge in [-0.15, -0.1) is 0 Å². The number of nitrogens with zero attached hydrogens (tertiary/aromatic N) is 1. The van der Waals surface area contributed by atoms with E-state index in [1.807, 2.05) is 0 Å². The van der Waals surface area contributed by atoms with Crippen LogP contribution in [0.2, 0.25) is 5.02 Å². The third kappa shape index (κ3) is 3.31. The van der Waals surface area contributed by atoms with Crippen molar-refractivity contribution in [2.24, 2.45) is 5.73 Å². The second-order valence-corrected chi connectivity index (χ2v) is 6.00. The van der Waals surface area contributed by atoms with Gasteiger partial charge in [0.2, 0.25) is 0 Å². The van der Waals surface area contributed by atoms with Gasteiger partial charge in [-0.3, -0.25) is 0 Å². The highest BCUT2D eigenvalue weighted by molar-refractivity contribution is 6.31. The lowest BCUT2D eigenvalue weighted by molar-refractivity contribution is 0.0299. The highest BCUT2D eigenvalue weighted by Gasteiger charge is 2.28. The minimum atomic E-state index is -0.308. The van der Waals surface area contributed by atoms with Crippen molar-refractivity contribution in [3.05, 3.63) is 34.6 Å². The first kappa shape index (κ1) is 15.7. The van der Waals surface area contributed by atoms with Crippen LogP contribution in [0.15, 0.2) is 18.2 Å². The molecule has 5 heteroatoms. The van der Waals surface area contributed by atoms with Crippen LogP contribution in [0.3, 0.4) is 0 Å². The lowest BCUT2D eigenvalue weighted by Gasteiger charge is -2.41. The fourth-order valence-electron chi connectivity index (χ4n) is 2.93. The van der Waals surface area contributed by atoms with E-state index in [4.69, 9.17) is 17.3 Å². The Bertz CT molecular complexity index is 424. The van der Waals surface area contributed by atoms with Gasteiger partial charge in [0.1, 0.15) is 5.82 Å². The molecule has 2 rings (SSSR count). The van der Waals surface area contributed by atoms with E-state index in [1.165, 1.54) is 12.5 Å². The van der Waals surface area contributed by atoms with E-state index < -0.39 is 0 Å². The fourth-order valence-corrected chi connectivity index (χ4v) is 3.23. The van der Waals surface area contributed by atoms with E-state index >= 15 is 0 Å². The third-order valence-electron chi connectivity index (χ3n) is 4.08. The van der Waals surface area contributed by atoms with Crippen molar-refractivity contribution in [3.8, 4) is 0 Å². The van der Waals surface area contributed by atoms with Crippen molar-refractivity contribution >= 4 is 11.6 Å².